The van der Waals surface area contributed by atoms with E-state index in [9.17, 15) is 5.11 Å². The molecule has 0 amide bonds. The number of fused-ring (bicyclic) bond motifs is 1. The predicted octanol–water partition coefficient (Wildman–Crippen LogP) is 2.64. The quantitative estimate of drug-likeness (QED) is 0.646. The van der Waals surface area contributed by atoms with Crippen LogP contribution in [0.2, 0.25) is 0 Å². The number of nitriles is 1. The fraction of sp³-hybridized carbons (Fsp3) is 0.167. The van der Waals surface area contributed by atoms with Gasteiger partial charge in [-0.3, -0.25) is 0 Å². The van der Waals surface area contributed by atoms with E-state index < -0.39 is 6.23 Å². The SMILES string of the molecule is N#CCc1ccc(C(c2c[nH]c3ccccc23)C(N)O)cc1. The molecular weight excluding hydrogens is 274 g/mol. The van der Waals surface area contributed by atoms with Crippen LogP contribution in [0.4, 0.5) is 0 Å². The Labute approximate surface area is 128 Å². The average Bonchev–Trinajstić information content (AvgIpc) is 2.93. The lowest BCUT2D eigenvalue weighted by Gasteiger charge is -2.20. The number of aliphatic hydroxyl groups is 1. The second kappa shape index (κ2) is 6.02. The van der Waals surface area contributed by atoms with Gasteiger partial charge in [0.25, 0.3) is 0 Å². The fourth-order valence-corrected chi connectivity index (χ4v) is 2.85. The van der Waals surface area contributed by atoms with Gasteiger partial charge >= 0.3 is 0 Å². The van der Waals surface area contributed by atoms with E-state index >= 15 is 0 Å². The monoisotopic (exact) mass is 291 g/mol. The van der Waals surface area contributed by atoms with Crippen LogP contribution < -0.4 is 5.73 Å². The summed E-state index contributed by atoms with van der Waals surface area (Å²) in [6.07, 6.45) is 1.28. The Hall–Kier alpha value is -2.61. The molecule has 3 aromatic rings. The van der Waals surface area contributed by atoms with Gasteiger partial charge < -0.3 is 15.8 Å². The van der Waals surface area contributed by atoms with Crippen molar-refractivity contribution in [3.05, 3.63) is 71.4 Å². The first-order valence-electron chi connectivity index (χ1n) is 7.16. The first-order chi connectivity index (χ1) is 10.7. The van der Waals surface area contributed by atoms with Crippen molar-refractivity contribution < 1.29 is 5.11 Å². The molecule has 0 spiro atoms. The zero-order valence-corrected chi connectivity index (χ0v) is 12.0. The highest BCUT2D eigenvalue weighted by molar-refractivity contribution is 5.84. The maximum atomic E-state index is 10.1. The summed E-state index contributed by atoms with van der Waals surface area (Å²) in [7, 11) is 0. The van der Waals surface area contributed by atoms with Crippen molar-refractivity contribution in [1.29, 1.82) is 5.26 Å². The van der Waals surface area contributed by atoms with E-state index in [0.29, 0.717) is 6.42 Å². The van der Waals surface area contributed by atoms with Crippen LogP contribution in [0.5, 0.6) is 0 Å². The molecule has 0 aliphatic heterocycles. The van der Waals surface area contributed by atoms with Crippen LogP contribution >= 0.6 is 0 Å². The van der Waals surface area contributed by atoms with E-state index in [2.05, 4.69) is 11.1 Å². The fourth-order valence-electron chi connectivity index (χ4n) is 2.85. The van der Waals surface area contributed by atoms with Gasteiger partial charge in [-0.2, -0.15) is 5.26 Å². The van der Waals surface area contributed by atoms with Gasteiger partial charge in [0.2, 0.25) is 0 Å². The number of hydrogen-bond donors (Lipinski definition) is 3. The number of rotatable bonds is 4. The van der Waals surface area contributed by atoms with Crippen LogP contribution in [0.1, 0.15) is 22.6 Å². The van der Waals surface area contributed by atoms with E-state index in [4.69, 9.17) is 11.0 Å². The Balaban J connectivity index is 2.05. The highest BCUT2D eigenvalue weighted by Gasteiger charge is 2.23. The molecule has 0 radical (unpaired) electrons. The summed E-state index contributed by atoms with van der Waals surface area (Å²) in [6.45, 7) is 0. The Morgan fingerprint density at radius 3 is 2.55 bits per heavy atom. The van der Waals surface area contributed by atoms with Gasteiger partial charge in [0, 0.05) is 17.1 Å². The molecule has 2 aromatic carbocycles. The third-order valence-corrected chi connectivity index (χ3v) is 3.92. The zero-order valence-electron chi connectivity index (χ0n) is 12.0. The number of aromatic amines is 1. The number of para-hydroxylation sites is 1. The highest BCUT2D eigenvalue weighted by Crippen LogP contribution is 2.32. The summed E-state index contributed by atoms with van der Waals surface area (Å²) in [6, 6.07) is 17.7. The van der Waals surface area contributed by atoms with Crippen LogP contribution in [-0.4, -0.2) is 16.3 Å². The highest BCUT2D eigenvalue weighted by atomic mass is 16.3. The van der Waals surface area contributed by atoms with Crippen LogP contribution in [0.3, 0.4) is 0 Å². The zero-order chi connectivity index (χ0) is 15.5. The molecule has 2 atom stereocenters. The summed E-state index contributed by atoms with van der Waals surface area (Å²) >= 11 is 0. The molecule has 110 valence electrons. The Bertz CT molecular complexity index is 812. The van der Waals surface area contributed by atoms with Crippen molar-refractivity contribution in [1.82, 2.24) is 4.98 Å². The van der Waals surface area contributed by atoms with Gasteiger partial charge in [0.1, 0.15) is 6.23 Å². The maximum Gasteiger partial charge on any atom is 0.113 e. The molecule has 0 saturated heterocycles. The predicted molar refractivity (Wildman–Crippen MR) is 86.1 cm³/mol. The largest absolute Gasteiger partial charge is 0.378 e. The lowest BCUT2D eigenvalue weighted by atomic mass is 9.89. The van der Waals surface area contributed by atoms with E-state index in [1.807, 2.05) is 54.7 Å². The van der Waals surface area contributed by atoms with E-state index in [-0.39, 0.29) is 5.92 Å². The molecule has 3 rings (SSSR count). The van der Waals surface area contributed by atoms with Gasteiger partial charge in [-0.15, -0.1) is 0 Å². The molecule has 22 heavy (non-hydrogen) atoms. The van der Waals surface area contributed by atoms with Gasteiger partial charge in [-0.1, -0.05) is 42.5 Å². The number of hydrogen-bond acceptors (Lipinski definition) is 3. The molecule has 1 heterocycles. The van der Waals surface area contributed by atoms with Crippen molar-refractivity contribution in [2.45, 2.75) is 18.6 Å². The van der Waals surface area contributed by atoms with Gasteiger partial charge in [-0.25, -0.2) is 0 Å². The molecule has 2 unspecified atom stereocenters. The lowest BCUT2D eigenvalue weighted by Crippen LogP contribution is -2.28. The number of nitrogens with two attached hydrogens (primary N) is 1. The Morgan fingerprint density at radius 1 is 1.14 bits per heavy atom. The summed E-state index contributed by atoms with van der Waals surface area (Å²) in [5.41, 5.74) is 9.71. The van der Waals surface area contributed by atoms with Gasteiger partial charge in [-0.05, 0) is 22.8 Å². The maximum absolute atomic E-state index is 10.1. The molecule has 0 aliphatic carbocycles. The van der Waals surface area contributed by atoms with Crippen molar-refractivity contribution in [3.8, 4) is 6.07 Å². The van der Waals surface area contributed by atoms with Crippen molar-refractivity contribution in [2.24, 2.45) is 5.73 Å². The number of aromatic nitrogens is 1. The lowest BCUT2D eigenvalue weighted by molar-refractivity contribution is 0.164. The third-order valence-electron chi connectivity index (χ3n) is 3.92. The number of nitrogens with one attached hydrogen (secondary N) is 1. The smallest absolute Gasteiger partial charge is 0.113 e. The number of H-pyrrole nitrogens is 1. The first-order valence-corrected chi connectivity index (χ1v) is 7.16. The third kappa shape index (κ3) is 2.60. The van der Waals surface area contributed by atoms with Crippen LogP contribution in [0.25, 0.3) is 10.9 Å². The molecular formula is C18H17N3O. The van der Waals surface area contributed by atoms with Crippen LogP contribution in [0, 0.1) is 11.3 Å². The topological polar surface area (TPSA) is 85.8 Å². The average molecular weight is 291 g/mol. The summed E-state index contributed by atoms with van der Waals surface area (Å²) in [5, 5.41) is 19.9. The van der Waals surface area contributed by atoms with Crippen molar-refractivity contribution >= 4 is 10.9 Å². The normalized spacial score (nSPS) is 13.7. The van der Waals surface area contributed by atoms with Crippen molar-refractivity contribution in [2.75, 3.05) is 0 Å². The minimum atomic E-state index is -0.999. The molecule has 4 N–H and O–H groups in total. The minimum Gasteiger partial charge on any atom is -0.378 e. The molecule has 1 aromatic heterocycles. The van der Waals surface area contributed by atoms with E-state index in [1.54, 1.807) is 0 Å². The molecule has 0 aliphatic rings. The number of benzene rings is 2. The molecule has 0 fully saturated rings. The Morgan fingerprint density at radius 2 is 1.86 bits per heavy atom. The van der Waals surface area contributed by atoms with Crippen LogP contribution in [0.15, 0.2) is 54.7 Å². The minimum absolute atomic E-state index is 0.313. The van der Waals surface area contributed by atoms with Crippen LogP contribution in [-0.2, 0) is 6.42 Å². The second-order valence-corrected chi connectivity index (χ2v) is 5.33. The first kappa shape index (κ1) is 14.3. The molecule has 4 nitrogen and oxygen atoms in total. The molecule has 0 bridgehead atoms. The van der Waals surface area contributed by atoms with E-state index in [0.717, 1.165) is 27.6 Å². The molecule has 0 saturated carbocycles. The number of nitrogens with zero attached hydrogens (tertiary/aromatic N) is 1. The standard InChI is InChI=1S/C18H17N3O/c19-10-9-12-5-7-13(8-6-12)17(18(20)22)15-11-21-16-4-2-1-3-14(15)16/h1-8,11,17-18,21-22H,9,20H2. The van der Waals surface area contributed by atoms with Gasteiger partial charge in [0.15, 0.2) is 0 Å². The number of aliphatic hydroxyl groups excluding tert-OH is 1. The Kier molecular flexibility index (Phi) is 3.92. The second-order valence-electron chi connectivity index (χ2n) is 5.33. The van der Waals surface area contributed by atoms with Crippen molar-refractivity contribution in [3.63, 3.8) is 0 Å². The van der Waals surface area contributed by atoms with E-state index in [1.165, 1.54) is 0 Å². The summed E-state index contributed by atoms with van der Waals surface area (Å²) in [5.74, 6) is -0.313. The summed E-state index contributed by atoms with van der Waals surface area (Å²) in [4.78, 5) is 3.22. The summed E-state index contributed by atoms with van der Waals surface area (Å²) < 4.78 is 0. The van der Waals surface area contributed by atoms with Gasteiger partial charge in [0.05, 0.1) is 18.4 Å². The molecule has 4 heteroatoms.